The summed E-state index contributed by atoms with van der Waals surface area (Å²) in [5, 5.41) is 14.8. The number of ether oxygens (including phenoxy) is 1. The molecule has 0 aromatic heterocycles. The summed E-state index contributed by atoms with van der Waals surface area (Å²) in [6.07, 6.45) is 2.90. The fraction of sp³-hybridized carbons (Fsp3) is 0.258. The van der Waals surface area contributed by atoms with Gasteiger partial charge in [0.25, 0.3) is 5.91 Å². The lowest BCUT2D eigenvalue weighted by atomic mass is 10.0. The summed E-state index contributed by atoms with van der Waals surface area (Å²) in [4.78, 5) is 66.5. The molecule has 5 rings (SSSR count). The minimum Gasteiger partial charge on any atom is -0.477 e. The highest BCUT2D eigenvalue weighted by Crippen LogP contribution is 2.41. The number of allylic oxidation sites excluding steroid dienone is 1. The Morgan fingerprint density at radius 3 is 2.57 bits per heavy atom. The molecule has 44 heavy (non-hydrogen) atoms. The van der Waals surface area contributed by atoms with Crippen molar-refractivity contribution in [2.45, 2.75) is 29.3 Å². The molecule has 0 aliphatic carbocycles. The minimum atomic E-state index is -1.26. The third kappa shape index (κ3) is 7.00. The van der Waals surface area contributed by atoms with Crippen LogP contribution < -0.4 is 10.6 Å². The molecular formula is C31H30N4O7S2. The molecule has 3 aliphatic rings. The number of amides is 4. The average Bonchev–Trinajstić information content (AvgIpc) is 3.36. The van der Waals surface area contributed by atoms with Gasteiger partial charge in [-0.05, 0) is 47.9 Å². The summed E-state index contributed by atoms with van der Waals surface area (Å²) in [6.45, 7) is 4.39. The molecule has 13 heteroatoms. The third-order valence-corrected chi connectivity index (χ3v) is 9.41. The predicted octanol–water partition coefficient (Wildman–Crippen LogP) is 3.61. The van der Waals surface area contributed by atoms with Gasteiger partial charge in [0.05, 0.1) is 5.75 Å². The Morgan fingerprint density at radius 1 is 1.11 bits per heavy atom. The second kappa shape index (κ2) is 13.9. The molecule has 228 valence electrons. The smallest absolute Gasteiger partial charge is 0.411 e. The molecule has 0 radical (unpaired) electrons. The number of nitrogens with zero attached hydrogens (tertiary/aromatic N) is 2. The van der Waals surface area contributed by atoms with Crippen LogP contribution in [0.25, 0.3) is 0 Å². The maximum atomic E-state index is 13.2. The molecule has 3 N–H and O–H groups in total. The third-order valence-electron chi connectivity index (χ3n) is 7.10. The largest absolute Gasteiger partial charge is 0.477 e. The van der Waals surface area contributed by atoms with Crippen molar-refractivity contribution in [3.8, 4) is 0 Å². The molecule has 2 aromatic carbocycles. The number of thioether (sulfide) groups is 2. The van der Waals surface area contributed by atoms with E-state index in [0.29, 0.717) is 36.3 Å². The van der Waals surface area contributed by atoms with E-state index in [1.165, 1.54) is 34.5 Å². The number of aliphatic carboxylic acids is 1. The zero-order chi connectivity index (χ0) is 31.2. The van der Waals surface area contributed by atoms with E-state index in [1.807, 2.05) is 30.3 Å². The number of carboxylic acids is 1. The summed E-state index contributed by atoms with van der Waals surface area (Å²) >= 11 is 2.71. The summed E-state index contributed by atoms with van der Waals surface area (Å²) < 4.78 is 4.90. The zero-order valence-electron chi connectivity index (χ0n) is 23.6. The number of carbonyl (C=O) groups is 5. The van der Waals surface area contributed by atoms with E-state index in [1.54, 1.807) is 35.2 Å². The Bertz CT molecular complexity index is 1540. The SMILES string of the molecule is C=CCOC(=O)Nc1ccc(CN2CCC(=CC3=C(C(=O)O)N4C(=O)[C@@H](NC(=O)CSc5ccccc5)[C@H]4SC3)C2=O)cc1. The number of likely N-dealkylation sites (tertiary alicyclic amines) is 1. The van der Waals surface area contributed by atoms with Gasteiger partial charge in [0.2, 0.25) is 11.8 Å². The van der Waals surface area contributed by atoms with Crippen LogP contribution in [0.1, 0.15) is 12.0 Å². The van der Waals surface area contributed by atoms with Gasteiger partial charge in [-0.25, -0.2) is 9.59 Å². The fourth-order valence-electron chi connectivity index (χ4n) is 5.00. The number of hydrogen-bond donors (Lipinski definition) is 3. The van der Waals surface area contributed by atoms with Gasteiger partial charge in [-0.3, -0.25) is 24.6 Å². The molecule has 4 amide bonds. The molecule has 0 spiro atoms. The number of anilines is 1. The van der Waals surface area contributed by atoms with E-state index in [0.717, 1.165) is 10.5 Å². The van der Waals surface area contributed by atoms with Crippen LogP contribution >= 0.6 is 23.5 Å². The summed E-state index contributed by atoms with van der Waals surface area (Å²) in [6, 6.07) is 15.6. The zero-order valence-corrected chi connectivity index (χ0v) is 25.2. The van der Waals surface area contributed by atoms with Gasteiger partial charge in [0, 0.05) is 35.0 Å². The van der Waals surface area contributed by atoms with Crippen molar-refractivity contribution in [3.05, 3.63) is 95.7 Å². The molecule has 0 unspecified atom stereocenters. The number of β-lactam (4-membered cyclic amide) rings is 1. The van der Waals surface area contributed by atoms with Crippen LogP contribution in [0.15, 0.2) is 95.1 Å². The first-order chi connectivity index (χ1) is 21.2. The van der Waals surface area contributed by atoms with E-state index in [4.69, 9.17) is 4.74 Å². The first-order valence-electron chi connectivity index (χ1n) is 13.8. The lowest BCUT2D eigenvalue weighted by Crippen LogP contribution is -2.70. The van der Waals surface area contributed by atoms with E-state index in [9.17, 15) is 29.1 Å². The lowest BCUT2D eigenvalue weighted by Gasteiger charge is -2.49. The van der Waals surface area contributed by atoms with Crippen LogP contribution in [0.2, 0.25) is 0 Å². The summed E-state index contributed by atoms with van der Waals surface area (Å²) in [7, 11) is 0. The topological polar surface area (TPSA) is 145 Å². The van der Waals surface area contributed by atoms with Gasteiger partial charge in [-0.1, -0.05) is 43.0 Å². The number of nitrogens with one attached hydrogen (secondary N) is 2. The van der Waals surface area contributed by atoms with Gasteiger partial charge < -0.3 is 20.1 Å². The highest BCUT2D eigenvalue weighted by atomic mass is 32.2. The molecule has 0 saturated carbocycles. The van der Waals surface area contributed by atoms with E-state index < -0.39 is 29.4 Å². The highest BCUT2D eigenvalue weighted by molar-refractivity contribution is 8.00. The lowest BCUT2D eigenvalue weighted by molar-refractivity contribution is -0.150. The number of fused-ring (bicyclic) bond motifs is 1. The highest BCUT2D eigenvalue weighted by Gasteiger charge is 2.54. The van der Waals surface area contributed by atoms with E-state index >= 15 is 0 Å². The average molecular weight is 635 g/mol. The predicted molar refractivity (Wildman–Crippen MR) is 167 cm³/mol. The maximum Gasteiger partial charge on any atom is 0.411 e. The molecule has 2 saturated heterocycles. The van der Waals surface area contributed by atoms with Crippen molar-refractivity contribution in [1.29, 1.82) is 0 Å². The van der Waals surface area contributed by atoms with Gasteiger partial charge in [-0.2, -0.15) is 0 Å². The van der Waals surface area contributed by atoms with Crippen molar-refractivity contribution in [2.75, 3.05) is 30.0 Å². The molecule has 2 fully saturated rings. The number of rotatable bonds is 11. The van der Waals surface area contributed by atoms with Gasteiger partial charge in [-0.15, -0.1) is 23.5 Å². The van der Waals surface area contributed by atoms with Gasteiger partial charge >= 0.3 is 12.1 Å². The Kier molecular flexibility index (Phi) is 9.75. The van der Waals surface area contributed by atoms with Crippen LogP contribution in [-0.2, 0) is 30.5 Å². The summed E-state index contributed by atoms with van der Waals surface area (Å²) in [5.74, 6) is -1.85. The Hall–Kier alpha value is -4.49. The molecule has 2 aromatic rings. The fourth-order valence-corrected chi connectivity index (χ4v) is 7.04. The van der Waals surface area contributed by atoms with E-state index in [2.05, 4.69) is 17.2 Å². The van der Waals surface area contributed by atoms with Crippen molar-refractivity contribution >= 4 is 59.0 Å². The Balaban J connectivity index is 1.20. The Morgan fingerprint density at radius 2 is 1.86 bits per heavy atom. The molecule has 11 nitrogen and oxygen atoms in total. The quantitative estimate of drug-likeness (QED) is 0.146. The van der Waals surface area contributed by atoms with Crippen molar-refractivity contribution < 1.29 is 33.8 Å². The molecule has 0 bridgehead atoms. The minimum absolute atomic E-state index is 0.100. The van der Waals surface area contributed by atoms with Crippen LogP contribution in [0.3, 0.4) is 0 Å². The molecule has 3 heterocycles. The summed E-state index contributed by atoms with van der Waals surface area (Å²) in [5.41, 5.74) is 2.10. The van der Waals surface area contributed by atoms with Gasteiger partial charge in [0.15, 0.2) is 0 Å². The Labute approximate surface area is 262 Å². The second-order valence-electron chi connectivity index (χ2n) is 10.1. The van der Waals surface area contributed by atoms with Gasteiger partial charge in [0.1, 0.15) is 23.7 Å². The van der Waals surface area contributed by atoms with Crippen molar-refractivity contribution in [1.82, 2.24) is 15.1 Å². The molecule has 3 aliphatic heterocycles. The van der Waals surface area contributed by atoms with Crippen molar-refractivity contribution in [3.63, 3.8) is 0 Å². The van der Waals surface area contributed by atoms with Crippen LogP contribution in [-0.4, -0.2) is 80.8 Å². The normalized spacial score (nSPS) is 20.2. The van der Waals surface area contributed by atoms with Crippen LogP contribution in [0, 0.1) is 0 Å². The standard InChI is InChI=1S/C31H30N4O7S2/c1-2-14-42-31(41)32-22-10-8-19(9-11-22)16-34-13-12-20(27(34)37)15-21-17-44-29-25(28(38)35(29)26(21)30(39)40)33-24(36)18-43-23-6-4-3-5-7-23/h2-11,15,25,29H,1,12-14,16-18H2,(H,32,41)(H,33,36)(H,39,40)/t25-,29-/m1/s1. The number of carbonyl (C=O) groups excluding carboxylic acids is 4. The number of hydrogen-bond acceptors (Lipinski definition) is 8. The van der Waals surface area contributed by atoms with E-state index in [-0.39, 0.29) is 35.6 Å². The monoisotopic (exact) mass is 634 g/mol. The number of benzene rings is 2. The first kappa shape index (κ1) is 31.0. The molecule has 2 atom stereocenters. The van der Waals surface area contributed by atoms with Crippen molar-refractivity contribution in [2.24, 2.45) is 0 Å². The molecular weight excluding hydrogens is 604 g/mol. The van der Waals surface area contributed by atoms with Crippen LogP contribution in [0.5, 0.6) is 0 Å². The second-order valence-corrected chi connectivity index (χ2v) is 12.2. The van der Waals surface area contributed by atoms with Crippen LogP contribution in [0.4, 0.5) is 10.5 Å². The number of carboxylic acid groups (broad SMARTS) is 1. The maximum absolute atomic E-state index is 13.2. The first-order valence-corrected chi connectivity index (χ1v) is 15.8.